The molecule has 0 amide bonds. The third-order valence-corrected chi connectivity index (χ3v) is 4.21. The number of ether oxygens (including phenoxy) is 1. The van der Waals surface area contributed by atoms with Gasteiger partial charge in [-0.15, -0.1) is 0 Å². The molecule has 16 heavy (non-hydrogen) atoms. The molecule has 0 bridgehead atoms. The van der Waals surface area contributed by atoms with Crippen LogP contribution < -0.4 is 4.74 Å². The van der Waals surface area contributed by atoms with E-state index in [2.05, 4.69) is 22.0 Å². The molecule has 1 aliphatic carbocycles. The lowest BCUT2D eigenvalue weighted by molar-refractivity contribution is 0.165. The topological polar surface area (TPSA) is 29.5 Å². The minimum atomic E-state index is -0.332. The second-order valence-electron chi connectivity index (χ2n) is 4.60. The second kappa shape index (κ2) is 4.04. The van der Waals surface area contributed by atoms with Crippen LogP contribution in [0, 0.1) is 0 Å². The Bertz CT molecular complexity index is 428. The highest BCUT2D eigenvalue weighted by atomic mass is 79.9. The average molecular weight is 283 g/mol. The van der Waals surface area contributed by atoms with Crippen LogP contribution in [0.5, 0.6) is 5.75 Å². The summed E-state index contributed by atoms with van der Waals surface area (Å²) in [4.78, 5) is 0. The lowest BCUT2D eigenvalue weighted by Crippen LogP contribution is -2.02. The Morgan fingerprint density at radius 1 is 1.31 bits per heavy atom. The largest absolute Gasteiger partial charge is 0.493 e. The van der Waals surface area contributed by atoms with Crippen LogP contribution in [-0.2, 0) is 12.8 Å². The molecular weight excluding hydrogens is 268 g/mol. The number of rotatable bonds is 0. The molecule has 86 valence electrons. The van der Waals surface area contributed by atoms with Crippen molar-refractivity contribution in [3.05, 3.63) is 27.2 Å². The zero-order valence-corrected chi connectivity index (χ0v) is 10.7. The zero-order valence-electron chi connectivity index (χ0n) is 9.13. The maximum atomic E-state index is 10.2. The molecule has 1 aliphatic heterocycles. The van der Waals surface area contributed by atoms with Gasteiger partial charge in [-0.2, -0.15) is 0 Å². The summed E-state index contributed by atoms with van der Waals surface area (Å²) in [5.41, 5.74) is 3.60. The van der Waals surface area contributed by atoms with Crippen molar-refractivity contribution in [3.8, 4) is 5.75 Å². The Balaban J connectivity index is 2.21. The molecule has 1 aromatic rings. The van der Waals surface area contributed by atoms with Crippen molar-refractivity contribution in [2.75, 3.05) is 6.61 Å². The van der Waals surface area contributed by atoms with Gasteiger partial charge >= 0.3 is 0 Å². The van der Waals surface area contributed by atoms with Crippen LogP contribution in [0.3, 0.4) is 0 Å². The molecular formula is C13H15BrO2. The van der Waals surface area contributed by atoms with Crippen LogP contribution in [-0.4, -0.2) is 11.7 Å². The Morgan fingerprint density at radius 3 is 3.06 bits per heavy atom. The SMILES string of the molecule is O[C@@H]1CCCCc2c3c(cc(Br)c21)CCO3. The number of halogens is 1. The fraction of sp³-hybridized carbons (Fsp3) is 0.538. The standard InChI is InChI=1S/C13H15BrO2/c14-10-7-8-5-6-16-13(8)9-3-1-2-4-11(15)12(9)10/h7,11,15H,1-6H2/t11-/m1/s1. The average Bonchev–Trinajstić information content (AvgIpc) is 2.62. The lowest BCUT2D eigenvalue weighted by atomic mass is 9.97. The van der Waals surface area contributed by atoms with Gasteiger partial charge in [0.15, 0.2) is 0 Å². The summed E-state index contributed by atoms with van der Waals surface area (Å²) >= 11 is 3.60. The molecule has 2 aliphatic rings. The van der Waals surface area contributed by atoms with Gasteiger partial charge in [-0.25, -0.2) is 0 Å². The van der Waals surface area contributed by atoms with Gasteiger partial charge in [-0.05, 0) is 30.9 Å². The fourth-order valence-electron chi connectivity index (χ4n) is 2.78. The molecule has 0 radical (unpaired) electrons. The number of hydrogen-bond donors (Lipinski definition) is 1. The Labute approximate surface area is 104 Å². The predicted molar refractivity (Wildman–Crippen MR) is 65.9 cm³/mol. The summed E-state index contributed by atoms with van der Waals surface area (Å²) in [6, 6.07) is 2.12. The molecule has 3 rings (SSSR count). The number of fused-ring (bicyclic) bond motifs is 3. The summed E-state index contributed by atoms with van der Waals surface area (Å²) in [5.74, 6) is 1.05. The van der Waals surface area contributed by atoms with E-state index < -0.39 is 0 Å². The van der Waals surface area contributed by atoms with E-state index in [1.165, 1.54) is 11.1 Å². The van der Waals surface area contributed by atoms with Crippen LogP contribution in [0.25, 0.3) is 0 Å². The minimum Gasteiger partial charge on any atom is -0.493 e. The van der Waals surface area contributed by atoms with Crippen molar-refractivity contribution in [2.24, 2.45) is 0 Å². The smallest absolute Gasteiger partial charge is 0.126 e. The zero-order chi connectivity index (χ0) is 11.1. The van der Waals surface area contributed by atoms with Crippen LogP contribution in [0.1, 0.15) is 42.1 Å². The van der Waals surface area contributed by atoms with Gasteiger partial charge in [0.05, 0.1) is 12.7 Å². The molecule has 1 aromatic carbocycles. The monoisotopic (exact) mass is 282 g/mol. The number of aliphatic hydroxyl groups is 1. The Morgan fingerprint density at radius 2 is 2.19 bits per heavy atom. The first kappa shape index (κ1) is 10.6. The van der Waals surface area contributed by atoms with Crippen molar-refractivity contribution in [1.82, 2.24) is 0 Å². The first-order valence-electron chi connectivity index (χ1n) is 5.92. The lowest BCUT2D eigenvalue weighted by Gasteiger charge is -2.17. The van der Waals surface area contributed by atoms with Crippen molar-refractivity contribution in [2.45, 2.75) is 38.2 Å². The normalized spacial score (nSPS) is 23.2. The van der Waals surface area contributed by atoms with E-state index in [9.17, 15) is 5.11 Å². The molecule has 0 unspecified atom stereocenters. The van der Waals surface area contributed by atoms with Crippen molar-refractivity contribution < 1.29 is 9.84 Å². The van der Waals surface area contributed by atoms with Crippen LogP contribution in [0.15, 0.2) is 10.5 Å². The van der Waals surface area contributed by atoms with E-state index in [0.717, 1.165) is 54.5 Å². The number of benzene rings is 1. The Hall–Kier alpha value is -0.540. The number of aliphatic hydroxyl groups excluding tert-OH is 1. The summed E-state index contributed by atoms with van der Waals surface area (Å²) in [6.45, 7) is 0.786. The van der Waals surface area contributed by atoms with Gasteiger partial charge in [0.25, 0.3) is 0 Å². The molecule has 1 heterocycles. The van der Waals surface area contributed by atoms with E-state index >= 15 is 0 Å². The van der Waals surface area contributed by atoms with Gasteiger partial charge in [0, 0.05) is 22.0 Å². The van der Waals surface area contributed by atoms with E-state index in [1.807, 2.05) is 0 Å². The highest BCUT2D eigenvalue weighted by Crippen LogP contribution is 2.42. The molecule has 0 saturated heterocycles. The molecule has 1 N–H and O–H groups in total. The first-order valence-corrected chi connectivity index (χ1v) is 6.71. The summed E-state index contributed by atoms with van der Waals surface area (Å²) in [6.07, 6.45) is 4.81. The molecule has 0 fully saturated rings. The number of hydrogen-bond acceptors (Lipinski definition) is 2. The molecule has 2 nitrogen and oxygen atoms in total. The van der Waals surface area contributed by atoms with Gasteiger partial charge in [-0.3, -0.25) is 0 Å². The van der Waals surface area contributed by atoms with Crippen molar-refractivity contribution in [3.63, 3.8) is 0 Å². The molecule has 0 spiro atoms. The van der Waals surface area contributed by atoms with E-state index in [-0.39, 0.29) is 6.10 Å². The summed E-state index contributed by atoms with van der Waals surface area (Å²) in [5, 5.41) is 10.2. The van der Waals surface area contributed by atoms with Crippen LogP contribution in [0.2, 0.25) is 0 Å². The maximum absolute atomic E-state index is 10.2. The van der Waals surface area contributed by atoms with E-state index in [1.54, 1.807) is 0 Å². The quantitative estimate of drug-likeness (QED) is 0.741. The Kier molecular flexibility index (Phi) is 2.68. The van der Waals surface area contributed by atoms with Crippen LogP contribution >= 0.6 is 15.9 Å². The van der Waals surface area contributed by atoms with Gasteiger partial charge in [0.1, 0.15) is 5.75 Å². The van der Waals surface area contributed by atoms with E-state index in [4.69, 9.17) is 4.74 Å². The van der Waals surface area contributed by atoms with Gasteiger partial charge in [0.2, 0.25) is 0 Å². The predicted octanol–water partition coefficient (Wildman–Crippen LogP) is 3.14. The molecule has 3 heteroatoms. The van der Waals surface area contributed by atoms with Gasteiger partial charge in [-0.1, -0.05) is 22.4 Å². The van der Waals surface area contributed by atoms with Crippen molar-refractivity contribution >= 4 is 15.9 Å². The molecule has 0 aromatic heterocycles. The third kappa shape index (κ3) is 1.57. The van der Waals surface area contributed by atoms with Crippen LogP contribution in [0.4, 0.5) is 0 Å². The second-order valence-corrected chi connectivity index (χ2v) is 5.45. The molecule has 1 atom stereocenters. The fourth-order valence-corrected chi connectivity index (χ4v) is 3.56. The molecule has 0 saturated carbocycles. The maximum Gasteiger partial charge on any atom is 0.126 e. The summed E-state index contributed by atoms with van der Waals surface area (Å²) in [7, 11) is 0. The highest BCUT2D eigenvalue weighted by molar-refractivity contribution is 9.10. The summed E-state index contributed by atoms with van der Waals surface area (Å²) < 4.78 is 6.78. The van der Waals surface area contributed by atoms with Crippen molar-refractivity contribution in [1.29, 1.82) is 0 Å². The highest BCUT2D eigenvalue weighted by Gasteiger charge is 2.26. The van der Waals surface area contributed by atoms with Gasteiger partial charge < -0.3 is 9.84 Å². The first-order chi connectivity index (χ1) is 7.77. The minimum absolute atomic E-state index is 0.332. The third-order valence-electron chi connectivity index (χ3n) is 3.55. The van der Waals surface area contributed by atoms with E-state index in [0.29, 0.717) is 0 Å².